The molecule has 4 N–H and O–H groups in total. The van der Waals surface area contributed by atoms with Crippen LogP contribution < -0.4 is 15.8 Å². The van der Waals surface area contributed by atoms with Gasteiger partial charge in [0.1, 0.15) is 11.4 Å². The van der Waals surface area contributed by atoms with Crippen LogP contribution in [0.15, 0.2) is 36.4 Å². The summed E-state index contributed by atoms with van der Waals surface area (Å²) in [6.45, 7) is -0.134. The largest absolute Gasteiger partial charge is 0.439 e. The van der Waals surface area contributed by atoms with Crippen LogP contribution in [0, 0.1) is 12.3 Å². The Labute approximate surface area is 171 Å². The lowest BCUT2D eigenvalue weighted by Gasteiger charge is -2.16. The molecule has 2 atom stereocenters. The van der Waals surface area contributed by atoms with Crippen molar-refractivity contribution in [1.82, 2.24) is 10.3 Å². The van der Waals surface area contributed by atoms with Gasteiger partial charge in [-0.3, -0.25) is 4.79 Å². The Morgan fingerprint density at radius 2 is 2.10 bits per heavy atom. The number of terminal acetylenes is 1. The molecule has 7 nitrogen and oxygen atoms in total. The smallest absolute Gasteiger partial charge is 0.433 e. The summed E-state index contributed by atoms with van der Waals surface area (Å²) in [6, 6.07) is 7.04. The van der Waals surface area contributed by atoms with Gasteiger partial charge in [0.25, 0.3) is 5.91 Å². The second-order valence-corrected chi connectivity index (χ2v) is 6.15. The Morgan fingerprint density at radius 1 is 1.37 bits per heavy atom. The van der Waals surface area contributed by atoms with Crippen LogP contribution in [0.4, 0.5) is 13.2 Å². The molecule has 0 spiro atoms. The molecular weight excluding hydrogens is 403 g/mol. The lowest BCUT2D eigenvalue weighted by atomic mass is 10.1. The van der Waals surface area contributed by atoms with Crippen LogP contribution in [0.3, 0.4) is 0 Å². The molecule has 1 aromatic heterocycles. The molecule has 0 bridgehead atoms. The first-order valence-corrected chi connectivity index (χ1v) is 8.70. The number of rotatable bonds is 8. The maximum atomic E-state index is 13.0. The molecule has 2 rings (SSSR count). The molecular formula is C20H20F3N3O4. The maximum Gasteiger partial charge on any atom is 0.433 e. The summed E-state index contributed by atoms with van der Waals surface area (Å²) in [5.74, 6) is 1.54. The third-order valence-electron chi connectivity index (χ3n) is 3.92. The monoisotopic (exact) mass is 423 g/mol. The minimum Gasteiger partial charge on any atom is -0.439 e. The Balaban J connectivity index is 2.20. The lowest BCUT2D eigenvalue weighted by molar-refractivity contribution is -0.141. The first-order valence-electron chi connectivity index (χ1n) is 8.70. The van der Waals surface area contributed by atoms with Gasteiger partial charge in [-0.25, -0.2) is 4.98 Å². The van der Waals surface area contributed by atoms with E-state index < -0.39 is 30.1 Å². The molecule has 0 saturated carbocycles. The molecule has 1 aromatic carbocycles. The summed E-state index contributed by atoms with van der Waals surface area (Å²) in [4.78, 5) is 15.9. The number of hydrogen-bond acceptors (Lipinski definition) is 6. The van der Waals surface area contributed by atoms with Crippen molar-refractivity contribution >= 4 is 5.91 Å². The van der Waals surface area contributed by atoms with E-state index in [4.69, 9.17) is 21.6 Å². The standard InChI is InChI=1S/C20H20F3N3O4/c1-3-14(10-18(27)29-2)25-19(28)13-5-4-6-15(9-13)30-17-8-12(11-24)7-16(26-17)20(21,22)23/h1,4-9,14,18,27H,10-11,24H2,2H3,(H,25,28)/t14-,18?/m1/s1. The predicted octanol–water partition coefficient (Wildman–Crippen LogP) is 2.44. The molecule has 0 radical (unpaired) electrons. The second kappa shape index (κ2) is 10.1. The molecule has 1 heterocycles. The zero-order valence-electron chi connectivity index (χ0n) is 15.9. The van der Waals surface area contributed by atoms with Gasteiger partial charge < -0.3 is 25.6 Å². The van der Waals surface area contributed by atoms with E-state index in [0.717, 1.165) is 6.07 Å². The number of aliphatic hydroxyl groups is 1. The van der Waals surface area contributed by atoms with Gasteiger partial charge in [0, 0.05) is 31.7 Å². The Hall–Kier alpha value is -3.13. The number of halogens is 3. The summed E-state index contributed by atoms with van der Waals surface area (Å²) >= 11 is 0. The van der Waals surface area contributed by atoms with Crippen LogP contribution in [0.1, 0.15) is 28.0 Å². The van der Waals surface area contributed by atoms with Crippen LogP contribution in [-0.4, -0.2) is 35.4 Å². The summed E-state index contributed by atoms with van der Waals surface area (Å²) in [5.41, 5.74) is 4.64. The molecule has 0 aliphatic carbocycles. The number of carbonyl (C=O) groups excluding carboxylic acids is 1. The Morgan fingerprint density at radius 3 is 2.70 bits per heavy atom. The van der Waals surface area contributed by atoms with Gasteiger partial charge in [0.15, 0.2) is 6.29 Å². The molecule has 1 unspecified atom stereocenters. The van der Waals surface area contributed by atoms with E-state index >= 15 is 0 Å². The third kappa shape index (κ3) is 6.45. The van der Waals surface area contributed by atoms with Crippen molar-refractivity contribution in [1.29, 1.82) is 0 Å². The van der Waals surface area contributed by atoms with Crippen molar-refractivity contribution in [2.45, 2.75) is 31.5 Å². The number of aliphatic hydroxyl groups excluding tert-OH is 1. The number of pyridine rings is 1. The highest BCUT2D eigenvalue weighted by molar-refractivity contribution is 5.95. The summed E-state index contributed by atoms with van der Waals surface area (Å²) in [6.07, 6.45) is -0.492. The van der Waals surface area contributed by atoms with Crippen LogP contribution >= 0.6 is 0 Å². The van der Waals surface area contributed by atoms with E-state index in [0.29, 0.717) is 0 Å². The summed E-state index contributed by atoms with van der Waals surface area (Å²) in [5, 5.41) is 12.0. The number of aromatic nitrogens is 1. The normalized spacial score (nSPS) is 13.2. The second-order valence-electron chi connectivity index (χ2n) is 6.15. The van der Waals surface area contributed by atoms with Crippen molar-refractivity contribution in [3.63, 3.8) is 0 Å². The van der Waals surface area contributed by atoms with E-state index in [-0.39, 0.29) is 35.7 Å². The highest BCUT2D eigenvalue weighted by Gasteiger charge is 2.33. The van der Waals surface area contributed by atoms with Crippen LogP contribution in [0.5, 0.6) is 11.6 Å². The SMILES string of the molecule is C#C[C@H](CC(O)OC)NC(=O)c1cccc(Oc2cc(CN)cc(C(F)(F)F)n2)c1. The number of hydrogen-bond donors (Lipinski definition) is 3. The molecule has 2 aromatic rings. The van der Waals surface area contributed by atoms with Gasteiger partial charge in [-0.15, -0.1) is 6.42 Å². The quantitative estimate of drug-likeness (QED) is 0.445. The van der Waals surface area contributed by atoms with Gasteiger partial charge in [0.2, 0.25) is 5.88 Å². The van der Waals surface area contributed by atoms with Gasteiger partial charge in [-0.05, 0) is 29.8 Å². The molecule has 160 valence electrons. The predicted molar refractivity (Wildman–Crippen MR) is 101 cm³/mol. The first-order chi connectivity index (χ1) is 14.2. The van der Waals surface area contributed by atoms with Crippen molar-refractivity contribution < 1.29 is 32.5 Å². The van der Waals surface area contributed by atoms with Crippen molar-refractivity contribution in [2.24, 2.45) is 5.73 Å². The number of methoxy groups -OCH3 is 1. The highest BCUT2D eigenvalue weighted by atomic mass is 19.4. The van der Waals surface area contributed by atoms with Gasteiger partial charge in [-0.1, -0.05) is 12.0 Å². The molecule has 0 aliphatic rings. The van der Waals surface area contributed by atoms with E-state index in [1.54, 1.807) is 0 Å². The fourth-order valence-corrected chi connectivity index (χ4v) is 2.40. The number of amides is 1. The van der Waals surface area contributed by atoms with E-state index in [2.05, 4.69) is 16.2 Å². The van der Waals surface area contributed by atoms with Gasteiger partial charge >= 0.3 is 6.18 Å². The zero-order valence-corrected chi connectivity index (χ0v) is 15.9. The average Bonchev–Trinajstić information content (AvgIpc) is 2.72. The van der Waals surface area contributed by atoms with Crippen LogP contribution in [0.2, 0.25) is 0 Å². The van der Waals surface area contributed by atoms with Crippen molar-refractivity contribution in [3.05, 3.63) is 53.2 Å². The fourth-order valence-electron chi connectivity index (χ4n) is 2.40. The number of ether oxygens (including phenoxy) is 2. The third-order valence-corrected chi connectivity index (χ3v) is 3.92. The van der Waals surface area contributed by atoms with E-state index in [1.165, 1.54) is 37.4 Å². The summed E-state index contributed by atoms with van der Waals surface area (Å²) < 4.78 is 49.1. The molecule has 30 heavy (non-hydrogen) atoms. The molecule has 0 fully saturated rings. The minimum atomic E-state index is -4.66. The molecule has 1 amide bonds. The van der Waals surface area contributed by atoms with Crippen LogP contribution in [-0.2, 0) is 17.5 Å². The maximum absolute atomic E-state index is 13.0. The Kier molecular flexibility index (Phi) is 7.77. The number of nitrogens with zero attached hydrogens (tertiary/aromatic N) is 1. The first kappa shape index (κ1) is 23.2. The minimum absolute atomic E-state index is 0.0229. The highest BCUT2D eigenvalue weighted by Crippen LogP contribution is 2.31. The zero-order chi connectivity index (χ0) is 22.3. The summed E-state index contributed by atoms with van der Waals surface area (Å²) in [7, 11) is 1.29. The molecule has 0 saturated heterocycles. The number of nitrogens with one attached hydrogen (secondary N) is 1. The van der Waals surface area contributed by atoms with Crippen molar-refractivity contribution in [3.8, 4) is 24.0 Å². The van der Waals surface area contributed by atoms with Crippen molar-refractivity contribution in [2.75, 3.05) is 7.11 Å². The lowest BCUT2D eigenvalue weighted by Crippen LogP contribution is -2.36. The topological polar surface area (TPSA) is 107 Å². The Bertz CT molecular complexity index is 928. The van der Waals surface area contributed by atoms with Crippen LogP contribution in [0.25, 0.3) is 0 Å². The van der Waals surface area contributed by atoms with Gasteiger partial charge in [-0.2, -0.15) is 13.2 Å². The van der Waals surface area contributed by atoms with E-state index in [9.17, 15) is 23.1 Å². The molecule has 10 heteroatoms. The van der Waals surface area contributed by atoms with Gasteiger partial charge in [0.05, 0.1) is 6.04 Å². The number of alkyl halides is 3. The average molecular weight is 423 g/mol. The number of carbonyl (C=O) groups is 1. The number of nitrogens with two attached hydrogens (primary N) is 1. The number of benzene rings is 1. The molecule has 0 aliphatic heterocycles. The fraction of sp³-hybridized carbons (Fsp3) is 0.300. The van der Waals surface area contributed by atoms with E-state index in [1.807, 2.05) is 0 Å².